The maximum absolute atomic E-state index is 11.5. The lowest BCUT2D eigenvalue weighted by Crippen LogP contribution is -2.38. The molecule has 0 fully saturated rings. The van der Waals surface area contributed by atoms with Crippen molar-refractivity contribution in [1.29, 1.82) is 0 Å². The third-order valence-corrected chi connectivity index (χ3v) is 2.23. The Morgan fingerprint density at radius 3 is 2.50 bits per heavy atom. The topological polar surface area (TPSA) is 69.6 Å². The molecule has 0 heterocycles. The second-order valence-electron chi connectivity index (χ2n) is 4.33. The number of aliphatic carboxylic acids is 1. The predicted molar refractivity (Wildman–Crippen MR) is 62.4 cm³/mol. The van der Waals surface area contributed by atoms with E-state index >= 15 is 0 Å². The molecule has 0 unspecified atom stereocenters. The average Bonchev–Trinajstić information content (AvgIpc) is 2.20. The Labute approximate surface area is 96.8 Å². The molecular formula is C11H22N2O3. The van der Waals surface area contributed by atoms with Crippen LogP contribution in [-0.2, 0) is 4.79 Å². The number of carbonyl (C=O) groups excluding carboxylic acids is 1. The molecule has 0 aromatic carbocycles. The number of amides is 2. The van der Waals surface area contributed by atoms with E-state index in [1.165, 1.54) is 0 Å². The van der Waals surface area contributed by atoms with Crippen molar-refractivity contribution in [3.63, 3.8) is 0 Å². The summed E-state index contributed by atoms with van der Waals surface area (Å²) in [7, 11) is 1.74. The molecule has 0 rings (SSSR count). The first-order chi connectivity index (χ1) is 7.43. The number of nitrogens with one attached hydrogen (secondary N) is 1. The fourth-order valence-electron chi connectivity index (χ4n) is 1.12. The van der Waals surface area contributed by atoms with Crippen LogP contribution >= 0.6 is 0 Å². The molecule has 2 N–H and O–H groups in total. The minimum Gasteiger partial charge on any atom is -0.481 e. The zero-order chi connectivity index (χ0) is 12.6. The first kappa shape index (κ1) is 14.7. The van der Waals surface area contributed by atoms with Crippen LogP contribution in [-0.4, -0.2) is 42.1 Å². The van der Waals surface area contributed by atoms with E-state index in [9.17, 15) is 9.59 Å². The fourth-order valence-corrected chi connectivity index (χ4v) is 1.12. The zero-order valence-corrected chi connectivity index (χ0v) is 10.3. The number of hydrogen-bond acceptors (Lipinski definition) is 2. The summed E-state index contributed by atoms with van der Waals surface area (Å²) in [6, 6.07) is -0.133. The van der Waals surface area contributed by atoms with Gasteiger partial charge in [-0.2, -0.15) is 0 Å². The van der Waals surface area contributed by atoms with Gasteiger partial charge >= 0.3 is 12.0 Å². The van der Waals surface area contributed by atoms with Crippen LogP contribution in [0.1, 0.15) is 33.1 Å². The van der Waals surface area contributed by atoms with Crippen molar-refractivity contribution in [1.82, 2.24) is 10.2 Å². The summed E-state index contributed by atoms with van der Waals surface area (Å²) < 4.78 is 0. The predicted octanol–water partition coefficient (Wildman–Crippen LogP) is 1.54. The summed E-state index contributed by atoms with van der Waals surface area (Å²) in [5.74, 6) is -0.260. The second kappa shape index (κ2) is 7.96. The molecule has 2 amide bonds. The molecule has 5 heteroatoms. The Morgan fingerprint density at radius 1 is 1.38 bits per heavy atom. The van der Waals surface area contributed by atoms with Crippen LogP contribution in [0.4, 0.5) is 4.79 Å². The van der Waals surface area contributed by atoms with Crippen LogP contribution in [0, 0.1) is 5.92 Å². The minimum atomic E-state index is -0.831. The van der Waals surface area contributed by atoms with Crippen molar-refractivity contribution in [2.45, 2.75) is 33.1 Å². The lowest BCUT2D eigenvalue weighted by Gasteiger charge is -2.18. The molecule has 0 spiro atoms. The van der Waals surface area contributed by atoms with Gasteiger partial charge < -0.3 is 15.3 Å². The maximum Gasteiger partial charge on any atom is 0.317 e. The van der Waals surface area contributed by atoms with Crippen molar-refractivity contribution in [3.05, 3.63) is 0 Å². The van der Waals surface area contributed by atoms with Gasteiger partial charge in [0.15, 0.2) is 0 Å². The van der Waals surface area contributed by atoms with Gasteiger partial charge in [-0.3, -0.25) is 4.79 Å². The molecule has 94 valence electrons. The normalized spacial score (nSPS) is 10.2. The molecule has 0 radical (unpaired) electrons. The summed E-state index contributed by atoms with van der Waals surface area (Å²) in [6.45, 7) is 5.36. The van der Waals surface area contributed by atoms with Gasteiger partial charge in [0, 0.05) is 26.6 Å². The number of hydrogen-bond donors (Lipinski definition) is 2. The van der Waals surface area contributed by atoms with Gasteiger partial charge in [-0.05, 0) is 18.8 Å². The van der Waals surface area contributed by atoms with Crippen molar-refractivity contribution in [2.24, 2.45) is 5.92 Å². The zero-order valence-electron chi connectivity index (χ0n) is 10.3. The number of carbonyl (C=O) groups is 2. The summed E-state index contributed by atoms with van der Waals surface area (Å²) in [6.07, 6.45) is 1.54. The molecule has 0 saturated heterocycles. The van der Waals surface area contributed by atoms with Gasteiger partial charge in [-0.25, -0.2) is 4.79 Å². The summed E-state index contributed by atoms with van der Waals surface area (Å²) in [5, 5.41) is 11.1. The summed E-state index contributed by atoms with van der Waals surface area (Å²) in [4.78, 5) is 23.3. The number of rotatable bonds is 7. The van der Waals surface area contributed by atoms with Gasteiger partial charge in [0.2, 0.25) is 0 Å². The van der Waals surface area contributed by atoms with Crippen LogP contribution < -0.4 is 5.32 Å². The molecule has 0 bridgehead atoms. The first-order valence-electron chi connectivity index (χ1n) is 5.64. The van der Waals surface area contributed by atoms with Crippen molar-refractivity contribution >= 4 is 12.0 Å². The molecule has 16 heavy (non-hydrogen) atoms. The summed E-state index contributed by atoms with van der Waals surface area (Å²) >= 11 is 0. The molecule has 5 nitrogen and oxygen atoms in total. The summed E-state index contributed by atoms with van der Waals surface area (Å²) in [5.41, 5.74) is 0. The number of nitrogens with zero attached hydrogens (tertiary/aromatic N) is 1. The van der Waals surface area contributed by atoms with Crippen LogP contribution in [0.15, 0.2) is 0 Å². The Kier molecular flexibility index (Phi) is 7.33. The van der Waals surface area contributed by atoms with E-state index < -0.39 is 5.97 Å². The highest BCUT2D eigenvalue weighted by Gasteiger charge is 2.08. The van der Waals surface area contributed by atoms with Crippen LogP contribution in [0.2, 0.25) is 0 Å². The van der Waals surface area contributed by atoms with Gasteiger partial charge in [-0.15, -0.1) is 0 Å². The van der Waals surface area contributed by atoms with E-state index in [2.05, 4.69) is 19.2 Å². The molecule has 0 atom stereocenters. The van der Waals surface area contributed by atoms with E-state index in [0.717, 1.165) is 13.0 Å². The Bertz CT molecular complexity index is 229. The molecule has 0 aromatic rings. The maximum atomic E-state index is 11.5. The van der Waals surface area contributed by atoms with Crippen LogP contribution in [0.25, 0.3) is 0 Å². The van der Waals surface area contributed by atoms with Gasteiger partial charge in [0.25, 0.3) is 0 Å². The van der Waals surface area contributed by atoms with Crippen molar-refractivity contribution in [3.8, 4) is 0 Å². The van der Waals surface area contributed by atoms with E-state index in [1.54, 1.807) is 11.9 Å². The van der Waals surface area contributed by atoms with E-state index in [-0.39, 0.29) is 12.5 Å². The Balaban J connectivity index is 3.59. The van der Waals surface area contributed by atoms with Crippen LogP contribution in [0.5, 0.6) is 0 Å². The molecular weight excluding hydrogens is 208 g/mol. The fraction of sp³-hybridized carbons (Fsp3) is 0.818. The molecule has 0 saturated carbocycles. The monoisotopic (exact) mass is 230 g/mol. The van der Waals surface area contributed by atoms with E-state index in [0.29, 0.717) is 18.9 Å². The third kappa shape index (κ3) is 8.08. The Morgan fingerprint density at radius 2 is 2.00 bits per heavy atom. The molecule has 0 aliphatic heterocycles. The van der Waals surface area contributed by atoms with Gasteiger partial charge in [-0.1, -0.05) is 13.8 Å². The average molecular weight is 230 g/mol. The molecule has 0 aromatic heterocycles. The number of carboxylic acids is 1. The highest BCUT2D eigenvalue weighted by Crippen LogP contribution is 2.00. The smallest absolute Gasteiger partial charge is 0.317 e. The molecule has 0 aliphatic carbocycles. The van der Waals surface area contributed by atoms with Gasteiger partial charge in [0.1, 0.15) is 0 Å². The largest absolute Gasteiger partial charge is 0.481 e. The van der Waals surface area contributed by atoms with E-state index in [1.807, 2.05) is 0 Å². The SMILES string of the molecule is CC(C)CCN(C)C(=O)NCCCC(=O)O. The number of carboxylic acid groups (broad SMARTS) is 1. The highest BCUT2D eigenvalue weighted by atomic mass is 16.4. The highest BCUT2D eigenvalue weighted by molar-refractivity contribution is 5.73. The van der Waals surface area contributed by atoms with Gasteiger partial charge in [0.05, 0.1) is 0 Å². The number of urea groups is 1. The molecule has 0 aliphatic rings. The van der Waals surface area contributed by atoms with E-state index in [4.69, 9.17) is 5.11 Å². The minimum absolute atomic E-state index is 0.0932. The van der Waals surface area contributed by atoms with Crippen molar-refractivity contribution in [2.75, 3.05) is 20.1 Å². The third-order valence-electron chi connectivity index (χ3n) is 2.23. The lowest BCUT2D eigenvalue weighted by molar-refractivity contribution is -0.137. The quantitative estimate of drug-likeness (QED) is 0.652. The standard InChI is InChI=1S/C11H22N2O3/c1-9(2)6-8-13(3)11(16)12-7-4-5-10(14)15/h9H,4-8H2,1-3H3,(H,12,16)(H,14,15). The first-order valence-corrected chi connectivity index (χ1v) is 5.64. The second-order valence-corrected chi connectivity index (χ2v) is 4.33. The Hall–Kier alpha value is -1.26. The lowest BCUT2D eigenvalue weighted by atomic mass is 10.1. The van der Waals surface area contributed by atoms with Crippen molar-refractivity contribution < 1.29 is 14.7 Å². The van der Waals surface area contributed by atoms with Crippen LogP contribution in [0.3, 0.4) is 0 Å².